The van der Waals surface area contributed by atoms with Gasteiger partial charge >= 0.3 is 6.61 Å². The van der Waals surface area contributed by atoms with Crippen LogP contribution in [0.2, 0.25) is 0 Å². The van der Waals surface area contributed by atoms with Crippen LogP contribution in [0.3, 0.4) is 0 Å². The Bertz CT molecular complexity index is 959. The van der Waals surface area contributed by atoms with E-state index in [4.69, 9.17) is 9.26 Å². The van der Waals surface area contributed by atoms with E-state index >= 15 is 0 Å². The summed E-state index contributed by atoms with van der Waals surface area (Å²) in [5.41, 5.74) is 0.703. The van der Waals surface area contributed by atoms with Gasteiger partial charge < -0.3 is 19.1 Å². The van der Waals surface area contributed by atoms with Crippen molar-refractivity contribution in [2.24, 2.45) is 0 Å². The maximum atomic E-state index is 14.3. The average Bonchev–Trinajstić information content (AvgIpc) is 3.07. The number of nitrogens with zero attached hydrogens (tertiary/aromatic N) is 3. The molecule has 28 heavy (non-hydrogen) atoms. The summed E-state index contributed by atoms with van der Waals surface area (Å²) >= 11 is 0. The summed E-state index contributed by atoms with van der Waals surface area (Å²) in [4.78, 5) is 8.24. The van der Waals surface area contributed by atoms with E-state index in [1.165, 1.54) is 30.6 Å². The second-order valence-corrected chi connectivity index (χ2v) is 6.24. The second kappa shape index (κ2) is 7.37. The molecule has 0 spiro atoms. The number of rotatable bonds is 6. The minimum atomic E-state index is -3.08. The van der Waals surface area contributed by atoms with Gasteiger partial charge in [0.25, 0.3) is 5.88 Å². The van der Waals surface area contributed by atoms with E-state index in [0.29, 0.717) is 24.1 Å². The Labute approximate surface area is 156 Å². The smallest absolute Gasteiger partial charge is 0.387 e. The largest absolute Gasteiger partial charge is 0.491 e. The Kier molecular flexibility index (Phi) is 4.76. The monoisotopic (exact) mass is 393 g/mol. The topological polar surface area (TPSA) is 90.5 Å². The van der Waals surface area contributed by atoms with Crippen molar-refractivity contribution in [3.63, 3.8) is 0 Å². The molecule has 1 aliphatic carbocycles. The highest BCUT2D eigenvalue weighted by Crippen LogP contribution is 2.41. The molecule has 0 saturated heterocycles. The first-order chi connectivity index (χ1) is 13.5. The Morgan fingerprint density at radius 3 is 2.64 bits per heavy atom. The zero-order chi connectivity index (χ0) is 19.7. The van der Waals surface area contributed by atoms with Gasteiger partial charge in [-0.25, -0.2) is 14.4 Å². The van der Waals surface area contributed by atoms with Crippen molar-refractivity contribution in [1.82, 2.24) is 15.1 Å². The maximum absolute atomic E-state index is 14.3. The number of hydrogen-bond acceptors (Lipinski definition) is 7. The third-order valence-electron chi connectivity index (χ3n) is 4.41. The third-order valence-corrected chi connectivity index (χ3v) is 4.41. The standard InChI is InChI=1S/C18H14F3N3O4/c19-17-11(2-1-3-13(17)27-18(20)21)9-4-10(5-9)26-16-8-22-12(7-23-16)14-6-15(25)24-28-14/h1-3,6-10,18H,4-5H2,(H,24,25)/t9-,10+. The first-order valence-electron chi connectivity index (χ1n) is 8.37. The van der Waals surface area contributed by atoms with Crippen molar-refractivity contribution >= 4 is 0 Å². The van der Waals surface area contributed by atoms with Crippen LogP contribution < -0.4 is 9.47 Å². The lowest BCUT2D eigenvalue weighted by Crippen LogP contribution is -2.33. The molecule has 3 aromatic rings. The summed E-state index contributed by atoms with van der Waals surface area (Å²) in [5, 5.41) is 12.5. The van der Waals surface area contributed by atoms with Gasteiger partial charge in [-0.2, -0.15) is 8.78 Å². The highest BCUT2D eigenvalue weighted by Gasteiger charge is 2.35. The molecule has 1 saturated carbocycles. The number of aromatic nitrogens is 3. The quantitative estimate of drug-likeness (QED) is 0.679. The second-order valence-electron chi connectivity index (χ2n) is 6.24. The van der Waals surface area contributed by atoms with Crippen molar-refractivity contribution in [2.75, 3.05) is 0 Å². The zero-order valence-electron chi connectivity index (χ0n) is 14.3. The Morgan fingerprint density at radius 1 is 1.18 bits per heavy atom. The van der Waals surface area contributed by atoms with Crippen LogP contribution >= 0.6 is 0 Å². The molecule has 0 aliphatic heterocycles. The van der Waals surface area contributed by atoms with Crippen LogP contribution in [0.1, 0.15) is 24.3 Å². The molecule has 0 amide bonds. The summed E-state index contributed by atoms with van der Waals surface area (Å²) in [5.74, 6) is -1.10. The van der Waals surface area contributed by atoms with Gasteiger partial charge in [-0.3, -0.25) is 0 Å². The average molecular weight is 393 g/mol. The fraction of sp³-hybridized carbons (Fsp3) is 0.278. The lowest BCUT2D eigenvalue weighted by Gasteiger charge is -2.35. The number of hydrogen-bond donors (Lipinski definition) is 1. The molecule has 1 N–H and O–H groups in total. The number of benzene rings is 1. The van der Waals surface area contributed by atoms with Gasteiger partial charge in [0, 0.05) is 0 Å². The Hall–Kier alpha value is -3.30. The summed E-state index contributed by atoms with van der Waals surface area (Å²) in [6, 6.07) is 5.51. The van der Waals surface area contributed by atoms with Crippen molar-refractivity contribution < 1.29 is 32.3 Å². The van der Waals surface area contributed by atoms with Crippen molar-refractivity contribution in [3.05, 3.63) is 48.0 Å². The fourth-order valence-electron chi connectivity index (χ4n) is 3.01. The third kappa shape index (κ3) is 3.71. The maximum Gasteiger partial charge on any atom is 0.387 e. The van der Waals surface area contributed by atoms with Gasteiger partial charge in [-0.15, -0.1) is 0 Å². The minimum absolute atomic E-state index is 0.157. The molecule has 7 nitrogen and oxygen atoms in total. The van der Waals surface area contributed by atoms with Gasteiger partial charge in [-0.1, -0.05) is 12.1 Å². The van der Waals surface area contributed by atoms with Crippen LogP contribution in [0.4, 0.5) is 13.2 Å². The molecule has 4 rings (SSSR count). The van der Waals surface area contributed by atoms with Crippen LogP contribution in [0.15, 0.2) is 41.2 Å². The van der Waals surface area contributed by atoms with Crippen LogP contribution in [-0.4, -0.2) is 32.9 Å². The van der Waals surface area contributed by atoms with Crippen LogP contribution in [-0.2, 0) is 0 Å². The molecule has 146 valence electrons. The summed E-state index contributed by atoms with van der Waals surface area (Å²) in [7, 11) is 0. The number of aromatic hydroxyl groups is 1. The molecule has 2 aromatic heterocycles. The highest BCUT2D eigenvalue weighted by atomic mass is 19.3. The SMILES string of the molecule is Oc1cc(-c2cnc(O[C@H]3C[C@@H](c4cccc(OC(F)F)c4F)C3)cn2)on1. The molecule has 0 bridgehead atoms. The molecule has 0 unspecified atom stereocenters. The molecule has 0 atom stereocenters. The molecule has 10 heteroatoms. The van der Waals surface area contributed by atoms with Crippen LogP contribution in [0.5, 0.6) is 17.5 Å². The van der Waals surface area contributed by atoms with E-state index in [-0.39, 0.29) is 29.5 Å². The normalized spacial score (nSPS) is 18.7. The molecule has 1 aromatic carbocycles. The predicted molar refractivity (Wildman–Crippen MR) is 88.6 cm³/mol. The fourth-order valence-corrected chi connectivity index (χ4v) is 3.01. The molecule has 2 heterocycles. The van der Waals surface area contributed by atoms with Crippen molar-refractivity contribution in [1.29, 1.82) is 0 Å². The van der Waals surface area contributed by atoms with E-state index in [2.05, 4.69) is 19.9 Å². The van der Waals surface area contributed by atoms with Crippen molar-refractivity contribution in [2.45, 2.75) is 31.5 Å². The molecule has 0 radical (unpaired) electrons. The van der Waals surface area contributed by atoms with Crippen LogP contribution in [0.25, 0.3) is 11.5 Å². The van der Waals surface area contributed by atoms with Crippen molar-refractivity contribution in [3.8, 4) is 29.0 Å². The molecular formula is C18H14F3N3O4. The van der Waals surface area contributed by atoms with E-state index < -0.39 is 18.2 Å². The first-order valence-corrected chi connectivity index (χ1v) is 8.37. The molecule has 1 aliphatic rings. The Morgan fingerprint density at radius 2 is 2.00 bits per heavy atom. The van der Waals surface area contributed by atoms with E-state index in [9.17, 15) is 18.3 Å². The van der Waals surface area contributed by atoms with Gasteiger partial charge in [0.2, 0.25) is 5.88 Å². The Balaban J connectivity index is 1.36. The van der Waals surface area contributed by atoms with Crippen LogP contribution in [0, 0.1) is 5.82 Å². The predicted octanol–water partition coefficient (Wildman–Crippen LogP) is 3.90. The lowest BCUT2D eigenvalue weighted by atomic mass is 9.77. The first kappa shape index (κ1) is 18.1. The zero-order valence-corrected chi connectivity index (χ0v) is 14.3. The number of ether oxygens (including phenoxy) is 2. The number of alkyl halides is 2. The highest BCUT2D eigenvalue weighted by molar-refractivity contribution is 5.51. The number of halogens is 3. The minimum Gasteiger partial charge on any atom is -0.491 e. The van der Waals surface area contributed by atoms with Gasteiger partial charge in [0.15, 0.2) is 17.3 Å². The van der Waals surface area contributed by atoms with Gasteiger partial charge in [0.1, 0.15) is 11.8 Å². The summed E-state index contributed by atoms with van der Waals surface area (Å²) in [6.45, 7) is -3.08. The van der Waals surface area contributed by atoms with E-state index in [1.807, 2.05) is 0 Å². The van der Waals surface area contributed by atoms with E-state index in [0.717, 1.165) is 0 Å². The summed E-state index contributed by atoms with van der Waals surface area (Å²) in [6.07, 6.45) is 3.64. The lowest BCUT2D eigenvalue weighted by molar-refractivity contribution is -0.0524. The molecule has 1 fully saturated rings. The summed E-state index contributed by atoms with van der Waals surface area (Å²) < 4.78 is 53.7. The van der Waals surface area contributed by atoms with Gasteiger partial charge in [0.05, 0.1) is 18.5 Å². The van der Waals surface area contributed by atoms with Gasteiger partial charge in [-0.05, 0) is 35.5 Å². The van der Waals surface area contributed by atoms with E-state index in [1.54, 1.807) is 6.07 Å². The molecular weight excluding hydrogens is 379 g/mol.